The van der Waals surface area contributed by atoms with Crippen LogP contribution in [0.4, 0.5) is 4.39 Å². The van der Waals surface area contributed by atoms with Crippen LogP contribution in [0.15, 0.2) is 24.5 Å². The van der Waals surface area contributed by atoms with Crippen molar-refractivity contribution in [3.8, 4) is 5.75 Å². The lowest BCUT2D eigenvalue weighted by Crippen LogP contribution is -2.09. The molecule has 0 bridgehead atoms. The van der Waals surface area contributed by atoms with Gasteiger partial charge < -0.3 is 9.84 Å². The van der Waals surface area contributed by atoms with Crippen LogP contribution in [-0.4, -0.2) is 25.8 Å². The molecule has 20 heavy (non-hydrogen) atoms. The number of benzene rings is 1. The number of nitrogens with zero attached hydrogens (tertiary/aromatic N) is 3. The molecule has 7 heteroatoms. The zero-order valence-corrected chi connectivity index (χ0v) is 10.9. The maximum Gasteiger partial charge on any atom is 0.335 e. The van der Waals surface area contributed by atoms with E-state index in [1.54, 1.807) is 4.68 Å². The van der Waals surface area contributed by atoms with Crippen molar-refractivity contribution in [2.75, 3.05) is 0 Å². The third-order valence-electron chi connectivity index (χ3n) is 2.62. The molecule has 0 aliphatic rings. The van der Waals surface area contributed by atoms with Gasteiger partial charge >= 0.3 is 5.97 Å². The van der Waals surface area contributed by atoms with Gasteiger partial charge in [0.1, 0.15) is 24.5 Å². The van der Waals surface area contributed by atoms with Crippen LogP contribution in [0.3, 0.4) is 0 Å². The number of carbonyl (C=O) groups is 1. The summed E-state index contributed by atoms with van der Waals surface area (Å²) < 4.78 is 20.4. The highest BCUT2D eigenvalue weighted by molar-refractivity contribution is 5.88. The molecule has 6 nitrogen and oxygen atoms in total. The van der Waals surface area contributed by atoms with E-state index in [0.29, 0.717) is 12.4 Å². The molecule has 1 N–H and O–H groups in total. The van der Waals surface area contributed by atoms with Gasteiger partial charge in [-0.15, -0.1) is 0 Å². The second-order valence-corrected chi connectivity index (χ2v) is 4.17. The van der Waals surface area contributed by atoms with Crippen LogP contribution in [0, 0.1) is 5.82 Å². The van der Waals surface area contributed by atoms with Gasteiger partial charge in [0, 0.05) is 12.6 Å². The van der Waals surface area contributed by atoms with E-state index in [0.717, 1.165) is 18.6 Å². The Morgan fingerprint density at radius 1 is 1.45 bits per heavy atom. The maximum atomic E-state index is 13.3. The monoisotopic (exact) mass is 279 g/mol. The number of aromatic carboxylic acids is 1. The number of ether oxygens (including phenoxy) is 1. The summed E-state index contributed by atoms with van der Waals surface area (Å²) in [6.45, 7) is 2.82. The lowest BCUT2D eigenvalue weighted by molar-refractivity contribution is 0.0695. The van der Waals surface area contributed by atoms with Crippen molar-refractivity contribution >= 4 is 5.97 Å². The van der Waals surface area contributed by atoms with Crippen LogP contribution in [0.1, 0.15) is 29.5 Å². The minimum absolute atomic E-state index is 0.0997. The Kier molecular flexibility index (Phi) is 4.29. The van der Waals surface area contributed by atoms with Crippen molar-refractivity contribution in [1.29, 1.82) is 0 Å². The molecule has 1 aromatic carbocycles. The van der Waals surface area contributed by atoms with Gasteiger partial charge in [-0.1, -0.05) is 6.92 Å². The second-order valence-electron chi connectivity index (χ2n) is 4.17. The first-order chi connectivity index (χ1) is 9.60. The molecule has 0 amide bonds. The Morgan fingerprint density at radius 3 is 2.95 bits per heavy atom. The molecule has 1 heterocycles. The lowest BCUT2D eigenvalue weighted by Gasteiger charge is -2.08. The van der Waals surface area contributed by atoms with E-state index in [-0.39, 0.29) is 17.9 Å². The number of halogens is 1. The summed E-state index contributed by atoms with van der Waals surface area (Å²) in [4.78, 5) is 14.9. The fourth-order valence-electron chi connectivity index (χ4n) is 1.72. The molecule has 0 saturated carbocycles. The molecule has 106 valence electrons. The molecule has 0 fully saturated rings. The Morgan fingerprint density at radius 2 is 2.25 bits per heavy atom. The highest BCUT2D eigenvalue weighted by Gasteiger charge is 2.09. The minimum Gasteiger partial charge on any atom is -0.485 e. The first-order valence-electron chi connectivity index (χ1n) is 6.13. The highest BCUT2D eigenvalue weighted by Crippen LogP contribution is 2.17. The number of hydrogen-bond donors (Lipinski definition) is 1. The van der Waals surface area contributed by atoms with Gasteiger partial charge in [0.05, 0.1) is 5.56 Å². The number of carboxylic acids is 1. The highest BCUT2D eigenvalue weighted by atomic mass is 19.1. The van der Waals surface area contributed by atoms with E-state index in [9.17, 15) is 9.18 Å². The quantitative estimate of drug-likeness (QED) is 0.876. The van der Waals surface area contributed by atoms with Gasteiger partial charge in [-0.2, -0.15) is 5.10 Å². The summed E-state index contributed by atoms with van der Waals surface area (Å²) in [6.07, 6.45) is 2.32. The number of rotatable bonds is 6. The van der Waals surface area contributed by atoms with E-state index in [4.69, 9.17) is 9.84 Å². The van der Waals surface area contributed by atoms with Crippen molar-refractivity contribution in [2.24, 2.45) is 0 Å². The fraction of sp³-hybridized carbons (Fsp3) is 0.308. The summed E-state index contributed by atoms with van der Waals surface area (Å²) in [5.41, 5.74) is -0.157. The van der Waals surface area contributed by atoms with Crippen LogP contribution in [0.5, 0.6) is 5.75 Å². The van der Waals surface area contributed by atoms with Crippen molar-refractivity contribution in [1.82, 2.24) is 14.8 Å². The molecule has 2 rings (SSSR count). The van der Waals surface area contributed by atoms with Gasteiger partial charge in [0.15, 0.2) is 5.82 Å². The zero-order valence-electron chi connectivity index (χ0n) is 10.9. The van der Waals surface area contributed by atoms with E-state index < -0.39 is 11.8 Å². The van der Waals surface area contributed by atoms with Crippen LogP contribution >= 0.6 is 0 Å². The molecule has 2 aromatic rings. The Hall–Kier alpha value is -2.44. The summed E-state index contributed by atoms with van der Waals surface area (Å²) in [6, 6.07) is 3.34. The number of carboxylic acid groups (broad SMARTS) is 1. The first kappa shape index (κ1) is 14.0. The van der Waals surface area contributed by atoms with Crippen molar-refractivity contribution in [3.05, 3.63) is 41.7 Å². The third kappa shape index (κ3) is 3.31. The van der Waals surface area contributed by atoms with Crippen LogP contribution in [-0.2, 0) is 13.2 Å². The van der Waals surface area contributed by atoms with Crippen LogP contribution in [0.2, 0.25) is 0 Å². The lowest BCUT2D eigenvalue weighted by atomic mass is 10.2. The van der Waals surface area contributed by atoms with E-state index >= 15 is 0 Å². The summed E-state index contributed by atoms with van der Waals surface area (Å²) >= 11 is 0. The Bertz CT molecular complexity index is 613. The fourth-order valence-corrected chi connectivity index (χ4v) is 1.72. The van der Waals surface area contributed by atoms with E-state index in [1.165, 1.54) is 12.4 Å². The first-order valence-corrected chi connectivity index (χ1v) is 6.13. The molecule has 0 atom stereocenters. The number of hydrogen-bond acceptors (Lipinski definition) is 4. The largest absolute Gasteiger partial charge is 0.485 e. The molecule has 0 saturated heterocycles. The Balaban J connectivity index is 2.10. The smallest absolute Gasteiger partial charge is 0.335 e. The molecular formula is C13H14FN3O3. The van der Waals surface area contributed by atoms with Gasteiger partial charge in [-0.25, -0.2) is 18.9 Å². The van der Waals surface area contributed by atoms with Crippen molar-refractivity contribution in [2.45, 2.75) is 26.5 Å². The topological polar surface area (TPSA) is 77.2 Å². The SMILES string of the molecule is CCCn1ncnc1COc1cc(F)cc(C(=O)O)c1. The van der Waals surface area contributed by atoms with Gasteiger partial charge in [-0.05, 0) is 18.6 Å². The predicted molar refractivity (Wildman–Crippen MR) is 68.0 cm³/mol. The van der Waals surface area contributed by atoms with Crippen molar-refractivity contribution < 1.29 is 19.0 Å². The van der Waals surface area contributed by atoms with Crippen molar-refractivity contribution in [3.63, 3.8) is 0 Å². The minimum atomic E-state index is -1.21. The second kappa shape index (κ2) is 6.14. The van der Waals surface area contributed by atoms with Gasteiger partial charge in [0.2, 0.25) is 0 Å². The van der Waals surface area contributed by atoms with Crippen LogP contribution in [0.25, 0.3) is 0 Å². The number of aromatic nitrogens is 3. The Labute approximate surface area is 114 Å². The standard InChI is InChI=1S/C13H14FN3O3/c1-2-3-17-12(15-8-16-17)7-20-11-5-9(13(18)19)4-10(14)6-11/h4-6,8H,2-3,7H2,1H3,(H,18,19). The van der Waals surface area contributed by atoms with Gasteiger partial charge in [-0.3, -0.25) is 0 Å². The molecule has 0 aliphatic carbocycles. The molecule has 0 radical (unpaired) electrons. The summed E-state index contributed by atoms with van der Waals surface area (Å²) in [5.74, 6) is -1.11. The number of aryl methyl sites for hydroxylation is 1. The van der Waals surface area contributed by atoms with Crippen LogP contribution < -0.4 is 4.74 Å². The van der Waals surface area contributed by atoms with E-state index in [2.05, 4.69) is 10.1 Å². The zero-order chi connectivity index (χ0) is 14.5. The average Bonchev–Trinajstić information content (AvgIpc) is 2.83. The summed E-state index contributed by atoms with van der Waals surface area (Å²) in [7, 11) is 0. The normalized spacial score (nSPS) is 10.5. The average molecular weight is 279 g/mol. The predicted octanol–water partition coefficient (Wildman–Crippen LogP) is 2.10. The molecule has 0 spiro atoms. The molecule has 1 aromatic heterocycles. The summed E-state index contributed by atoms with van der Waals surface area (Å²) in [5, 5.41) is 12.9. The van der Waals surface area contributed by atoms with Gasteiger partial charge in [0.25, 0.3) is 0 Å². The van der Waals surface area contributed by atoms with E-state index in [1.807, 2.05) is 6.92 Å². The molecule has 0 aliphatic heterocycles. The third-order valence-corrected chi connectivity index (χ3v) is 2.62. The molecule has 0 unspecified atom stereocenters. The maximum absolute atomic E-state index is 13.3. The molecular weight excluding hydrogens is 265 g/mol.